The molecule has 0 aromatic heterocycles. The second-order valence-electron chi connectivity index (χ2n) is 9.15. The summed E-state index contributed by atoms with van der Waals surface area (Å²) in [5.41, 5.74) is 4.95. The number of benzene rings is 3. The number of ether oxygens (including phenoxy) is 2. The van der Waals surface area contributed by atoms with Crippen LogP contribution in [-0.4, -0.2) is 33.5 Å². The minimum Gasteiger partial charge on any atom is -0.406 e. The number of alkyl halides is 3. The Balaban J connectivity index is 1.37. The number of fused-ring (bicyclic) bond motifs is 2. The van der Waals surface area contributed by atoms with Crippen LogP contribution in [0.1, 0.15) is 41.0 Å². The zero-order valence-electron chi connectivity index (χ0n) is 19.4. The molecule has 3 aromatic rings. The molecule has 1 unspecified atom stereocenters. The lowest BCUT2D eigenvalue weighted by Gasteiger charge is -2.36. The van der Waals surface area contributed by atoms with Crippen molar-refractivity contribution in [1.29, 1.82) is 0 Å². The molecule has 5 nitrogen and oxygen atoms in total. The van der Waals surface area contributed by atoms with E-state index < -0.39 is 22.1 Å². The first-order valence-electron chi connectivity index (χ1n) is 11.8. The van der Waals surface area contributed by atoms with Crippen molar-refractivity contribution in [2.24, 2.45) is 0 Å². The van der Waals surface area contributed by atoms with E-state index in [-0.39, 0.29) is 23.0 Å². The van der Waals surface area contributed by atoms with Crippen LogP contribution in [0.25, 0.3) is 0 Å². The van der Waals surface area contributed by atoms with Crippen molar-refractivity contribution in [2.45, 2.75) is 55.0 Å². The average Bonchev–Trinajstić information content (AvgIpc) is 3.00. The number of sulfonamides is 1. The van der Waals surface area contributed by atoms with Crippen LogP contribution in [0.2, 0.25) is 0 Å². The van der Waals surface area contributed by atoms with E-state index in [1.807, 2.05) is 24.3 Å². The Bertz CT molecular complexity index is 1280. The van der Waals surface area contributed by atoms with Crippen molar-refractivity contribution >= 4 is 10.0 Å². The molecule has 1 heterocycles. The summed E-state index contributed by atoms with van der Waals surface area (Å²) < 4.78 is 76.1. The first-order chi connectivity index (χ1) is 17.2. The largest absolute Gasteiger partial charge is 0.573 e. The van der Waals surface area contributed by atoms with Crippen LogP contribution in [-0.2, 0) is 27.6 Å². The van der Waals surface area contributed by atoms with Crippen LogP contribution >= 0.6 is 0 Å². The van der Waals surface area contributed by atoms with Crippen LogP contribution in [0.15, 0.2) is 77.7 Å². The van der Waals surface area contributed by atoms with Gasteiger partial charge in [-0.25, -0.2) is 13.1 Å². The Labute approximate surface area is 208 Å². The molecule has 2 atom stereocenters. The lowest BCUT2D eigenvalue weighted by molar-refractivity contribution is -0.274. The molecule has 1 N–H and O–H groups in total. The Hall–Kier alpha value is -2.88. The molecule has 0 radical (unpaired) electrons. The monoisotopic (exact) mass is 517 g/mol. The topological polar surface area (TPSA) is 64.6 Å². The minimum atomic E-state index is -4.84. The average molecular weight is 518 g/mol. The first-order valence-corrected chi connectivity index (χ1v) is 13.3. The molecule has 1 fully saturated rings. The highest BCUT2D eigenvalue weighted by Crippen LogP contribution is 2.40. The lowest BCUT2D eigenvalue weighted by Crippen LogP contribution is -2.44. The molecular formula is C27H26F3NO4S. The Kier molecular flexibility index (Phi) is 6.80. The maximum Gasteiger partial charge on any atom is 0.573 e. The molecule has 0 amide bonds. The van der Waals surface area contributed by atoms with Crippen molar-refractivity contribution in [2.75, 3.05) is 6.61 Å². The third-order valence-corrected chi connectivity index (χ3v) is 8.36. The smallest absolute Gasteiger partial charge is 0.406 e. The van der Waals surface area contributed by atoms with Crippen molar-refractivity contribution in [3.63, 3.8) is 0 Å². The summed E-state index contributed by atoms with van der Waals surface area (Å²) in [6.07, 6.45) is -2.23. The summed E-state index contributed by atoms with van der Waals surface area (Å²) in [7, 11) is -3.95. The Morgan fingerprint density at radius 3 is 2.03 bits per heavy atom. The maximum absolute atomic E-state index is 13.0. The molecule has 2 aliphatic rings. The quantitative estimate of drug-likeness (QED) is 0.496. The normalized spacial score (nSPS) is 20.8. The molecular weight excluding hydrogens is 491 g/mol. The van der Waals surface area contributed by atoms with Crippen LogP contribution in [0.4, 0.5) is 13.2 Å². The molecule has 36 heavy (non-hydrogen) atoms. The van der Waals surface area contributed by atoms with Gasteiger partial charge in [0.15, 0.2) is 0 Å². The fraction of sp³-hybridized carbons (Fsp3) is 0.333. The van der Waals surface area contributed by atoms with E-state index in [0.717, 1.165) is 37.1 Å². The van der Waals surface area contributed by atoms with E-state index in [2.05, 4.69) is 33.7 Å². The van der Waals surface area contributed by atoms with Gasteiger partial charge in [0.2, 0.25) is 10.0 Å². The number of aryl methyl sites for hydroxylation is 2. The fourth-order valence-corrected chi connectivity index (χ4v) is 6.53. The molecule has 0 spiro atoms. The number of nitrogens with one attached hydrogen (secondary N) is 1. The molecule has 5 rings (SSSR count). The second kappa shape index (κ2) is 9.88. The van der Waals surface area contributed by atoms with Crippen LogP contribution in [0.3, 0.4) is 0 Å². The summed E-state index contributed by atoms with van der Waals surface area (Å²) in [6, 6.07) is 20.5. The van der Waals surface area contributed by atoms with Gasteiger partial charge in [0, 0.05) is 18.6 Å². The number of hydrogen-bond donors (Lipinski definition) is 1. The van der Waals surface area contributed by atoms with Gasteiger partial charge in [-0.05, 0) is 72.2 Å². The highest BCUT2D eigenvalue weighted by Gasteiger charge is 2.36. The van der Waals surface area contributed by atoms with Crippen molar-refractivity contribution in [1.82, 2.24) is 4.72 Å². The maximum atomic E-state index is 13.0. The zero-order valence-corrected chi connectivity index (χ0v) is 20.2. The van der Waals surface area contributed by atoms with E-state index in [4.69, 9.17) is 4.74 Å². The van der Waals surface area contributed by atoms with Crippen LogP contribution < -0.4 is 9.46 Å². The van der Waals surface area contributed by atoms with Gasteiger partial charge in [0.25, 0.3) is 0 Å². The molecule has 0 saturated carbocycles. The number of rotatable bonds is 5. The van der Waals surface area contributed by atoms with E-state index in [1.165, 1.54) is 22.3 Å². The molecule has 1 saturated heterocycles. The summed E-state index contributed by atoms with van der Waals surface area (Å²) in [4.78, 5) is -0.120. The van der Waals surface area contributed by atoms with Gasteiger partial charge >= 0.3 is 6.36 Å². The Morgan fingerprint density at radius 2 is 1.44 bits per heavy atom. The highest BCUT2D eigenvalue weighted by atomic mass is 32.2. The van der Waals surface area contributed by atoms with Gasteiger partial charge in [-0.3, -0.25) is 0 Å². The van der Waals surface area contributed by atoms with Crippen LogP contribution in [0, 0.1) is 0 Å². The summed E-state index contributed by atoms with van der Waals surface area (Å²) in [6.45, 7) is 0.400. The third-order valence-electron chi connectivity index (χ3n) is 6.82. The van der Waals surface area contributed by atoms with E-state index in [0.29, 0.717) is 19.4 Å². The van der Waals surface area contributed by atoms with E-state index in [1.54, 1.807) is 0 Å². The van der Waals surface area contributed by atoms with Gasteiger partial charge in [-0.15, -0.1) is 13.2 Å². The SMILES string of the molecule is O=S(=O)(N[C@H]1CCOC(C2c3ccccc3CCc3ccccc32)C1)c1ccc(OC(F)(F)F)cc1. The van der Waals surface area contributed by atoms with E-state index >= 15 is 0 Å². The highest BCUT2D eigenvalue weighted by molar-refractivity contribution is 7.89. The zero-order chi connectivity index (χ0) is 25.3. The van der Waals surface area contributed by atoms with Gasteiger partial charge < -0.3 is 9.47 Å². The number of halogens is 3. The Morgan fingerprint density at radius 1 is 0.861 bits per heavy atom. The standard InChI is InChI=1S/C27H26F3NO4S/c28-27(29,30)35-21-11-13-22(14-12-21)36(32,33)31-20-15-16-34-25(17-20)26-23-7-3-1-5-18(23)9-10-19-6-2-4-8-24(19)26/h1-8,11-14,20,25-26,31H,9-10,15-17H2/t20-,25?/m0/s1. The molecule has 190 valence electrons. The van der Waals surface area contributed by atoms with Crippen molar-refractivity contribution in [3.8, 4) is 5.75 Å². The lowest BCUT2D eigenvalue weighted by atomic mass is 9.80. The van der Waals surface area contributed by atoms with Gasteiger partial charge in [-0.2, -0.15) is 0 Å². The second-order valence-corrected chi connectivity index (χ2v) is 10.9. The predicted octanol–water partition coefficient (Wildman–Crippen LogP) is 5.34. The molecule has 0 bridgehead atoms. The van der Waals surface area contributed by atoms with Crippen LogP contribution in [0.5, 0.6) is 5.75 Å². The van der Waals surface area contributed by atoms with Gasteiger partial charge in [-0.1, -0.05) is 48.5 Å². The summed E-state index contributed by atoms with van der Waals surface area (Å²) >= 11 is 0. The summed E-state index contributed by atoms with van der Waals surface area (Å²) in [5, 5.41) is 0. The molecule has 1 aliphatic carbocycles. The van der Waals surface area contributed by atoms with Crippen molar-refractivity contribution in [3.05, 3.63) is 95.1 Å². The molecule has 1 aliphatic heterocycles. The third kappa shape index (κ3) is 5.43. The molecule has 3 aromatic carbocycles. The number of hydrogen-bond acceptors (Lipinski definition) is 4. The molecule has 9 heteroatoms. The summed E-state index contributed by atoms with van der Waals surface area (Å²) in [5.74, 6) is -0.496. The first kappa shape index (κ1) is 24.8. The van der Waals surface area contributed by atoms with Gasteiger partial charge in [0.05, 0.1) is 11.0 Å². The van der Waals surface area contributed by atoms with Gasteiger partial charge in [0.1, 0.15) is 5.75 Å². The minimum absolute atomic E-state index is 0.0222. The van der Waals surface area contributed by atoms with Crippen molar-refractivity contribution < 1.29 is 31.1 Å². The fourth-order valence-electron chi connectivity index (χ4n) is 5.24. The van der Waals surface area contributed by atoms with E-state index in [9.17, 15) is 21.6 Å². The predicted molar refractivity (Wildman–Crippen MR) is 128 cm³/mol.